The van der Waals surface area contributed by atoms with E-state index >= 15 is 0 Å². The van der Waals surface area contributed by atoms with Crippen LogP contribution in [0.1, 0.15) is 32.3 Å². The zero-order valence-electron chi connectivity index (χ0n) is 12.0. The van der Waals surface area contributed by atoms with Gasteiger partial charge in [0.1, 0.15) is 5.82 Å². The maximum atomic E-state index is 13.6. The second kappa shape index (κ2) is 7.01. The van der Waals surface area contributed by atoms with E-state index in [1.54, 1.807) is 12.1 Å². The number of nitrogens with one attached hydrogen (secondary N) is 1. The number of hydrogen-bond donors (Lipinski definition) is 1. The highest BCUT2D eigenvalue weighted by molar-refractivity contribution is 5.17. The molecule has 2 atom stereocenters. The smallest absolute Gasteiger partial charge is 0.126 e. The molecule has 1 N–H and O–H groups in total. The van der Waals surface area contributed by atoms with Gasteiger partial charge in [0, 0.05) is 31.7 Å². The molecule has 0 saturated carbocycles. The Morgan fingerprint density at radius 3 is 2.74 bits per heavy atom. The summed E-state index contributed by atoms with van der Waals surface area (Å²) in [5, 5.41) is 3.59. The Kier molecular flexibility index (Phi) is 5.34. The van der Waals surface area contributed by atoms with E-state index in [4.69, 9.17) is 0 Å². The third-order valence-electron chi connectivity index (χ3n) is 4.20. The number of nitrogens with zero attached hydrogens (tertiary/aromatic N) is 1. The van der Waals surface area contributed by atoms with Crippen molar-refractivity contribution in [3.05, 3.63) is 35.6 Å². The topological polar surface area (TPSA) is 15.3 Å². The monoisotopic (exact) mass is 264 g/mol. The van der Waals surface area contributed by atoms with Crippen molar-refractivity contribution in [1.82, 2.24) is 10.2 Å². The molecular weight excluding hydrogens is 239 g/mol. The molecule has 0 spiro atoms. The van der Waals surface area contributed by atoms with E-state index in [9.17, 15) is 4.39 Å². The van der Waals surface area contributed by atoms with Gasteiger partial charge in [-0.15, -0.1) is 0 Å². The van der Waals surface area contributed by atoms with Crippen LogP contribution in [0.5, 0.6) is 0 Å². The molecule has 2 rings (SSSR count). The Labute approximate surface area is 116 Å². The van der Waals surface area contributed by atoms with Crippen molar-refractivity contribution in [2.45, 2.75) is 45.2 Å². The van der Waals surface area contributed by atoms with Gasteiger partial charge < -0.3 is 5.32 Å². The minimum Gasteiger partial charge on any atom is -0.311 e. The zero-order chi connectivity index (χ0) is 13.7. The molecule has 1 aromatic rings. The van der Waals surface area contributed by atoms with Crippen LogP contribution in [0.2, 0.25) is 0 Å². The fourth-order valence-electron chi connectivity index (χ4n) is 2.84. The van der Waals surface area contributed by atoms with E-state index in [0.717, 1.165) is 44.5 Å². The number of rotatable bonds is 5. The highest BCUT2D eigenvalue weighted by atomic mass is 19.1. The van der Waals surface area contributed by atoms with E-state index in [0.29, 0.717) is 12.1 Å². The summed E-state index contributed by atoms with van der Waals surface area (Å²) in [6.45, 7) is 7.56. The fraction of sp³-hybridized carbons (Fsp3) is 0.625. The molecule has 2 nitrogen and oxygen atoms in total. The molecule has 1 heterocycles. The molecule has 106 valence electrons. The van der Waals surface area contributed by atoms with Crippen molar-refractivity contribution in [3.8, 4) is 0 Å². The molecule has 1 fully saturated rings. The lowest BCUT2D eigenvalue weighted by Gasteiger charge is -2.40. The molecule has 1 aromatic carbocycles. The van der Waals surface area contributed by atoms with Gasteiger partial charge in [-0.05, 0) is 30.9 Å². The molecule has 0 amide bonds. The van der Waals surface area contributed by atoms with Crippen LogP contribution < -0.4 is 5.32 Å². The van der Waals surface area contributed by atoms with Gasteiger partial charge >= 0.3 is 0 Å². The number of halogens is 1. The first kappa shape index (κ1) is 14.5. The first-order valence-electron chi connectivity index (χ1n) is 7.45. The molecular formula is C16H25FN2. The third kappa shape index (κ3) is 3.77. The first-order valence-corrected chi connectivity index (χ1v) is 7.45. The number of benzene rings is 1. The van der Waals surface area contributed by atoms with E-state index in [2.05, 4.69) is 24.1 Å². The lowest BCUT2D eigenvalue weighted by Crippen LogP contribution is -2.56. The minimum atomic E-state index is -0.0716. The summed E-state index contributed by atoms with van der Waals surface area (Å²) in [7, 11) is 0. The van der Waals surface area contributed by atoms with Crippen LogP contribution in [-0.4, -0.2) is 36.6 Å². The Morgan fingerprint density at radius 2 is 2.05 bits per heavy atom. The van der Waals surface area contributed by atoms with Crippen LogP contribution in [0.4, 0.5) is 4.39 Å². The highest BCUT2D eigenvalue weighted by Crippen LogP contribution is 2.14. The van der Waals surface area contributed by atoms with Crippen LogP contribution in [0.3, 0.4) is 0 Å². The Morgan fingerprint density at radius 1 is 1.26 bits per heavy atom. The van der Waals surface area contributed by atoms with Crippen LogP contribution in [0.25, 0.3) is 0 Å². The predicted molar refractivity (Wildman–Crippen MR) is 77.8 cm³/mol. The maximum Gasteiger partial charge on any atom is 0.126 e. The maximum absolute atomic E-state index is 13.6. The van der Waals surface area contributed by atoms with Gasteiger partial charge in [-0.1, -0.05) is 32.0 Å². The summed E-state index contributed by atoms with van der Waals surface area (Å²) in [5.74, 6) is -0.0716. The average molecular weight is 264 g/mol. The van der Waals surface area contributed by atoms with Crippen LogP contribution in [-0.2, 0) is 6.42 Å². The summed E-state index contributed by atoms with van der Waals surface area (Å²) in [6, 6.07) is 8.31. The molecule has 0 aromatic heterocycles. The lowest BCUT2D eigenvalue weighted by atomic mass is 10.0. The van der Waals surface area contributed by atoms with Gasteiger partial charge in [0.15, 0.2) is 0 Å². The van der Waals surface area contributed by atoms with Crippen LogP contribution >= 0.6 is 0 Å². The minimum absolute atomic E-state index is 0.0716. The van der Waals surface area contributed by atoms with E-state index in [1.165, 1.54) is 0 Å². The number of hydrogen-bond acceptors (Lipinski definition) is 2. The van der Waals surface area contributed by atoms with Gasteiger partial charge in [-0.3, -0.25) is 4.90 Å². The van der Waals surface area contributed by atoms with Gasteiger partial charge in [0.2, 0.25) is 0 Å². The molecule has 0 radical (unpaired) electrons. The van der Waals surface area contributed by atoms with Crippen molar-refractivity contribution >= 4 is 0 Å². The second-order valence-corrected chi connectivity index (χ2v) is 5.41. The zero-order valence-corrected chi connectivity index (χ0v) is 12.0. The summed E-state index contributed by atoms with van der Waals surface area (Å²) in [5.41, 5.74) is 0.837. The molecule has 1 aliphatic heterocycles. The van der Waals surface area contributed by atoms with Crippen LogP contribution in [0, 0.1) is 5.82 Å². The SMILES string of the molecule is CCC1CN(CCc2ccccc2F)C(CC)CN1. The quantitative estimate of drug-likeness (QED) is 0.880. The highest BCUT2D eigenvalue weighted by Gasteiger charge is 2.25. The van der Waals surface area contributed by atoms with Crippen molar-refractivity contribution in [1.29, 1.82) is 0 Å². The molecule has 3 heteroatoms. The second-order valence-electron chi connectivity index (χ2n) is 5.41. The van der Waals surface area contributed by atoms with Gasteiger partial charge in [-0.2, -0.15) is 0 Å². The van der Waals surface area contributed by atoms with Crippen LogP contribution in [0.15, 0.2) is 24.3 Å². The van der Waals surface area contributed by atoms with Gasteiger partial charge in [-0.25, -0.2) is 4.39 Å². The fourth-order valence-corrected chi connectivity index (χ4v) is 2.84. The van der Waals surface area contributed by atoms with Crippen molar-refractivity contribution < 1.29 is 4.39 Å². The Bertz CT molecular complexity index is 394. The molecule has 0 aliphatic carbocycles. The van der Waals surface area contributed by atoms with Gasteiger partial charge in [0.05, 0.1) is 0 Å². The predicted octanol–water partition coefficient (Wildman–Crippen LogP) is 2.83. The summed E-state index contributed by atoms with van der Waals surface area (Å²) >= 11 is 0. The normalized spacial score (nSPS) is 24.6. The standard InChI is InChI=1S/C16H25FN2/c1-3-14-12-19(15(4-2)11-18-14)10-9-13-7-5-6-8-16(13)17/h5-8,14-15,18H,3-4,9-12H2,1-2H3. The van der Waals surface area contributed by atoms with Crippen molar-refractivity contribution in [2.75, 3.05) is 19.6 Å². The average Bonchev–Trinajstić information content (AvgIpc) is 2.46. The summed E-state index contributed by atoms with van der Waals surface area (Å²) in [6.07, 6.45) is 3.12. The first-order chi connectivity index (χ1) is 9.24. The van der Waals surface area contributed by atoms with Crippen molar-refractivity contribution in [2.24, 2.45) is 0 Å². The lowest BCUT2D eigenvalue weighted by molar-refractivity contribution is 0.126. The summed E-state index contributed by atoms with van der Waals surface area (Å²) < 4.78 is 13.6. The molecule has 0 bridgehead atoms. The van der Waals surface area contributed by atoms with Crippen molar-refractivity contribution in [3.63, 3.8) is 0 Å². The largest absolute Gasteiger partial charge is 0.311 e. The van der Waals surface area contributed by atoms with E-state index in [1.807, 2.05) is 12.1 Å². The Hall–Kier alpha value is -0.930. The molecule has 1 aliphatic rings. The molecule has 19 heavy (non-hydrogen) atoms. The third-order valence-corrected chi connectivity index (χ3v) is 4.20. The molecule has 1 saturated heterocycles. The van der Waals surface area contributed by atoms with E-state index in [-0.39, 0.29) is 5.82 Å². The van der Waals surface area contributed by atoms with E-state index < -0.39 is 0 Å². The Balaban J connectivity index is 1.94. The summed E-state index contributed by atoms with van der Waals surface area (Å²) in [4.78, 5) is 2.52. The molecule has 2 unspecified atom stereocenters. The van der Waals surface area contributed by atoms with Gasteiger partial charge in [0.25, 0.3) is 0 Å². The number of piperazine rings is 1.